The van der Waals surface area contributed by atoms with Crippen molar-refractivity contribution in [3.63, 3.8) is 0 Å². The molecule has 5 rings (SSSR count). The SMILES string of the molecule is CN(Cc1cc2c(=O)c(C(=O)NCc3ccc(Cl)cc3)cn(C3CC3)c2o1)C[C@@H](O)c1ccco1. The average Bonchev–Trinajstić information content (AvgIpc) is 3.35. The van der Waals surface area contributed by atoms with Crippen LogP contribution < -0.4 is 10.7 Å². The second-order valence-electron chi connectivity index (χ2n) is 8.98. The Hall–Kier alpha value is -3.33. The van der Waals surface area contributed by atoms with Crippen molar-refractivity contribution in [3.8, 4) is 0 Å². The molecule has 0 aliphatic heterocycles. The van der Waals surface area contributed by atoms with Gasteiger partial charge in [0.2, 0.25) is 11.1 Å². The molecule has 0 spiro atoms. The van der Waals surface area contributed by atoms with E-state index in [1.807, 2.05) is 28.6 Å². The van der Waals surface area contributed by atoms with Crippen LogP contribution in [0.15, 0.2) is 68.6 Å². The third kappa shape index (κ3) is 5.19. The van der Waals surface area contributed by atoms with Crippen LogP contribution in [0, 0.1) is 0 Å². The number of aliphatic hydroxyl groups is 1. The number of aliphatic hydroxyl groups excluding tert-OH is 1. The van der Waals surface area contributed by atoms with Gasteiger partial charge in [-0.1, -0.05) is 23.7 Å². The molecule has 0 radical (unpaired) electrons. The van der Waals surface area contributed by atoms with Gasteiger partial charge in [-0.3, -0.25) is 14.5 Å². The molecule has 1 atom stereocenters. The molecule has 0 saturated heterocycles. The summed E-state index contributed by atoms with van der Waals surface area (Å²) in [5, 5.41) is 14.2. The number of aromatic nitrogens is 1. The van der Waals surface area contributed by atoms with E-state index in [2.05, 4.69) is 5.32 Å². The smallest absolute Gasteiger partial charge is 0.257 e. The first-order valence-corrected chi connectivity index (χ1v) is 11.9. The van der Waals surface area contributed by atoms with Crippen molar-refractivity contribution >= 4 is 28.6 Å². The number of nitrogens with zero attached hydrogens (tertiary/aromatic N) is 2. The summed E-state index contributed by atoms with van der Waals surface area (Å²) in [5.41, 5.74) is 1.09. The molecular weight excluding hydrogens is 470 g/mol. The predicted octanol–water partition coefficient (Wildman–Crippen LogP) is 4.27. The molecule has 8 nitrogen and oxygen atoms in total. The summed E-state index contributed by atoms with van der Waals surface area (Å²) in [6.07, 6.45) is 4.29. The Kier molecular flexibility index (Phi) is 6.51. The molecular formula is C26H26ClN3O5. The van der Waals surface area contributed by atoms with Crippen LogP contribution in [0.2, 0.25) is 5.02 Å². The highest BCUT2D eigenvalue weighted by atomic mass is 35.5. The number of benzene rings is 1. The molecule has 35 heavy (non-hydrogen) atoms. The second kappa shape index (κ2) is 9.73. The summed E-state index contributed by atoms with van der Waals surface area (Å²) in [6.45, 7) is 1.00. The molecule has 0 bridgehead atoms. The highest BCUT2D eigenvalue weighted by molar-refractivity contribution is 6.30. The van der Waals surface area contributed by atoms with E-state index in [9.17, 15) is 14.7 Å². The van der Waals surface area contributed by atoms with Gasteiger partial charge in [0.1, 0.15) is 23.2 Å². The van der Waals surface area contributed by atoms with Crippen LogP contribution in [0.5, 0.6) is 0 Å². The first kappa shape index (κ1) is 23.4. The van der Waals surface area contributed by atoms with Crippen LogP contribution in [-0.4, -0.2) is 34.1 Å². The zero-order valence-corrected chi connectivity index (χ0v) is 20.0. The number of likely N-dealkylation sites (N-methyl/N-ethyl adjacent to an activating group) is 1. The second-order valence-corrected chi connectivity index (χ2v) is 9.42. The van der Waals surface area contributed by atoms with Crippen molar-refractivity contribution in [3.05, 3.63) is 92.8 Å². The van der Waals surface area contributed by atoms with Gasteiger partial charge in [0, 0.05) is 30.4 Å². The zero-order valence-electron chi connectivity index (χ0n) is 19.2. The van der Waals surface area contributed by atoms with Gasteiger partial charge < -0.3 is 23.8 Å². The number of amides is 1. The minimum absolute atomic E-state index is 0.0901. The lowest BCUT2D eigenvalue weighted by atomic mass is 10.1. The molecule has 2 N–H and O–H groups in total. The normalized spacial score (nSPS) is 14.5. The summed E-state index contributed by atoms with van der Waals surface area (Å²) < 4.78 is 13.2. The Balaban J connectivity index is 1.36. The van der Waals surface area contributed by atoms with Crippen LogP contribution in [0.3, 0.4) is 0 Å². The molecule has 1 aliphatic rings. The number of halogens is 1. The van der Waals surface area contributed by atoms with E-state index in [-0.39, 0.29) is 23.6 Å². The monoisotopic (exact) mass is 495 g/mol. The number of fused-ring (bicyclic) bond motifs is 1. The number of furan rings is 2. The highest BCUT2D eigenvalue weighted by Gasteiger charge is 2.29. The standard InChI is InChI=1S/C26H26ClN3O5/c1-29(15-22(31)23-3-2-10-34-23)13-19-11-20-24(32)21(14-30(18-8-9-18)26(20)35-19)25(33)28-12-16-4-6-17(27)7-5-16/h2-7,10-11,14,18,22,31H,8-9,12-13,15H2,1H3,(H,28,33)/t22-/m1/s1. The summed E-state index contributed by atoms with van der Waals surface area (Å²) in [4.78, 5) is 28.1. The van der Waals surface area contributed by atoms with Crippen LogP contribution in [-0.2, 0) is 13.1 Å². The van der Waals surface area contributed by atoms with Crippen molar-refractivity contribution in [2.45, 2.75) is 38.1 Å². The van der Waals surface area contributed by atoms with Gasteiger partial charge >= 0.3 is 0 Å². The fraction of sp³-hybridized carbons (Fsp3) is 0.308. The molecule has 1 aromatic carbocycles. The first-order valence-electron chi connectivity index (χ1n) is 11.5. The van der Waals surface area contributed by atoms with Crippen molar-refractivity contribution in [2.75, 3.05) is 13.6 Å². The topological polar surface area (TPSA) is 101 Å². The first-order chi connectivity index (χ1) is 16.9. The lowest BCUT2D eigenvalue weighted by Gasteiger charge is -2.18. The van der Waals surface area contributed by atoms with Gasteiger partial charge in [0.25, 0.3) is 5.91 Å². The van der Waals surface area contributed by atoms with Gasteiger partial charge in [-0.15, -0.1) is 0 Å². The average molecular weight is 496 g/mol. The zero-order chi connectivity index (χ0) is 24.5. The quantitative estimate of drug-likeness (QED) is 0.359. The van der Waals surface area contributed by atoms with Crippen molar-refractivity contribution in [1.29, 1.82) is 0 Å². The van der Waals surface area contributed by atoms with E-state index in [0.717, 1.165) is 18.4 Å². The van der Waals surface area contributed by atoms with E-state index in [1.54, 1.807) is 36.5 Å². The van der Waals surface area contributed by atoms with Gasteiger partial charge in [-0.2, -0.15) is 0 Å². The van der Waals surface area contributed by atoms with Crippen LogP contribution in [0.4, 0.5) is 0 Å². The predicted molar refractivity (Wildman–Crippen MR) is 131 cm³/mol. The van der Waals surface area contributed by atoms with E-state index in [0.29, 0.717) is 40.7 Å². The highest BCUT2D eigenvalue weighted by Crippen LogP contribution is 2.37. The minimum atomic E-state index is -0.776. The molecule has 1 aliphatic carbocycles. The number of nitrogens with one attached hydrogen (secondary N) is 1. The number of rotatable bonds is 9. The van der Waals surface area contributed by atoms with E-state index >= 15 is 0 Å². The number of hydrogen-bond donors (Lipinski definition) is 2. The van der Waals surface area contributed by atoms with E-state index in [4.69, 9.17) is 20.4 Å². The summed E-state index contributed by atoms with van der Waals surface area (Å²) in [5.74, 6) is 0.645. The van der Waals surface area contributed by atoms with Crippen LogP contribution in [0.25, 0.3) is 11.1 Å². The maximum Gasteiger partial charge on any atom is 0.257 e. The number of carbonyl (C=O) groups excluding carboxylic acids is 1. The molecule has 1 fully saturated rings. The maximum atomic E-state index is 13.2. The summed E-state index contributed by atoms with van der Waals surface area (Å²) >= 11 is 5.92. The number of pyridine rings is 1. The summed E-state index contributed by atoms with van der Waals surface area (Å²) in [7, 11) is 1.85. The van der Waals surface area contributed by atoms with Crippen molar-refractivity contribution in [1.82, 2.24) is 14.8 Å². The van der Waals surface area contributed by atoms with Gasteiger partial charge in [-0.25, -0.2) is 0 Å². The van der Waals surface area contributed by atoms with Gasteiger partial charge in [-0.05, 0) is 55.8 Å². The minimum Gasteiger partial charge on any atom is -0.467 e. The third-order valence-corrected chi connectivity index (χ3v) is 6.34. The molecule has 182 valence electrons. The molecule has 1 saturated carbocycles. The fourth-order valence-electron chi connectivity index (χ4n) is 4.13. The Morgan fingerprint density at radius 2 is 2.06 bits per heavy atom. The maximum absolute atomic E-state index is 13.2. The van der Waals surface area contributed by atoms with Crippen LogP contribution in [0.1, 0.15) is 52.4 Å². The molecule has 1 amide bonds. The largest absolute Gasteiger partial charge is 0.467 e. The Morgan fingerprint density at radius 3 is 2.74 bits per heavy atom. The Bertz CT molecular complexity index is 1390. The molecule has 0 unspecified atom stereocenters. The molecule has 3 heterocycles. The Labute approximate surface area is 206 Å². The number of carbonyl (C=O) groups is 1. The molecule has 4 aromatic rings. The Morgan fingerprint density at radius 1 is 1.29 bits per heavy atom. The van der Waals surface area contributed by atoms with E-state index < -0.39 is 12.0 Å². The van der Waals surface area contributed by atoms with Crippen LogP contribution >= 0.6 is 11.6 Å². The molecule has 3 aromatic heterocycles. The van der Waals surface area contributed by atoms with Crippen molar-refractivity contribution in [2.24, 2.45) is 0 Å². The van der Waals surface area contributed by atoms with Gasteiger partial charge in [0.05, 0.1) is 18.2 Å². The van der Waals surface area contributed by atoms with Crippen molar-refractivity contribution < 1.29 is 18.7 Å². The lowest BCUT2D eigenvalue weighted by molar-refractivity contribution is 0.0949. The summed E-state index contributed by atoms with van der Waals surface area (Å²) in [6, 6.07) is 12.5. The van der Waals surface area contributed by atoms with E-state index in [1.165, 1.54) is 6.26 Å². The number of hydrogen-bond acceptors (Lipinski definition) is 6. The van der Waals surface area contributed by atoms with Gasteiger partial charge in [0.15, 0.2) is 0 Å². The fourth-order valence-corrected chi connectivity index (χ4v) is 4.25. The molecule has 9 heteroatoms. The lowest BCUT2D eigenvalue weighted by Crippen LogP contribution is -2.29. The third-order valence-electron chi connectivity index (χ3n) is 6.09.